The normalized spacial score (nSPS) is 10.7. The molecule has 3 aromatic heterocycles. The summed E-state index contributed by atoms with van der Waals surface area (Å²) in [5, 5.41) is 7.89. The number of hydrogen-bond acceptors (Lipinski definition) is 5. The Hall–Kier alpha value is -1.92. The number of thiophene rings is 2. The summed E-state index contributed by atoms with van der Waals surface area (Å²) in [6.07, 6.45) is 0. The molecule has 0 saturated heterocycles. The van der Waals surface area contributed by atoms with Crippen molar-refractivity contribution < 1.29 is 9.32 Å². The van der Waals surface area contributed by atoms with Crippen LogP contribution < -0.4 is 0 Å². The molecule has 4 nitrogen and oxygen atoms in total. The Morgan fingerprint density at radius 2 is 2.10 bits per heavy atom. The molecule has 0 bridgehead atoms. The lowest BCUT2D eigenvalue weighted by atomic mass is 10.3. The highest BCUT2D eigenvalue weighted by molar-refractivity contribution is 7.13. The van der Waals surface area contributed by atoms with Gasteiger partial charge in [0.25, 0.3) is 5.91 Å². The van der Waals surface area contributed by atoms with E-state index in [4.69, 9.17) is 4.52 Å². The van der Waals surface area contributed by atoms with Gasteiger partial charge in [0.1, 0.15) is 0 Å². The van der Waals surface area contributed by atoms with Crippen molar-refractivity contribution in [2.24, 2.45) is 0 Å². The summed E-state index contributed by atoms with van der Waals surface area (Å²) < 4.78 is 5.28. The molecule has 0 radical (unpaired) electrons. The fourth-order valence-corrected chi connectivity index (χ4v) is 3.38. The minimum absolute atomic E-state index is 0.0996. The highest BCUT2D eigenvalue weighted by Gasteiger charge is 2.20. The first-order valence-corrected chi connectivity index (χ1v) is 8.36. The zero-order valence-corrected chi connectivity index (χ0v) is 13.1. The van der Waals surface area contributed by atoms with Gasteiger partial charge >= 0.3 is 0 Å². The lowest BCUT2D eigenvalue weighted by molar-refractivity contribution is 0.0744. The first-order valence-electron chi connectivity index (χ1n) is 6.60. The molecule has 0 atom stereocenters. The molecule has 0 aromatic carbocycles. The van der Waals surface area contributed by atoms with E-state index in [-0.39, 0.29) is 5.91 Å². The quantitative estimate of drug-likeness (QED) is 0.710. The molecule has 6 heteroatoms. The lowest BCUT2D eigenvalue weighted by Crippen LogP contribution is -2.30. The first-order chi connectivity index (χ1) is 10.3. The molecule has 3 rings (SSSR count). The van der Waals surface area contributed by atoms with Crippen molar-refractivity contribution in [3.05, 3.63) is 51.7 Å². The lowest BCUT2D eigenvalue weighted by Gasteiger charge is -2.18. The Morgan fingerprint density at radius 1 is 1.29 bits per heavy atom. The fraction of sp³-hybridized carbons (Fsp3) is 0.200. The van der Waals surface area contributed by atoms with E-state index in [0.29, 0.717) is 24.5 Å². The summed E-state index contributed by atoms with van der Waals surface area (Å²) in [5.74, 6) is 0.540. The van der Waals surface area contributed by atoms with Crippen LogP contribution >= 0.6 is 22.7 Å². The van der Waals surface area contributed by atoms with Crippen LogP contribution in [0, 0.1) is 0 Å². The van der Waals surface area contributed by atoms with Crippen molar-refractivity contribution in [3.8, 4) is 10.6 Å². The maximum absolute atomic E-state index is 12.5. The Morgan fingerprint density at radius 3 is 2.76 bits per heavy atom. The second kappa shape index (κ2) is 6.24. The Balaban J connectivity index is 1.77. The highest BCUT2D eigenvalue weighted by atomic mass is 32.1. The highest BCUT2D eigenvalue weighted by Crippen LogP contribution is 2.25. The molecule has 0 unspecified atom stereocenters. The predicted molar refractivity (Wildman–Crippen MR) is 84.5 cm³/mol. The molecular formula is C15H14N2O2S2. The predicted octanol–water partition coefficient (Wildman–Crippen LogP) is 4.13. The van der Waals surface area contributed by atoms with Gasteiger partial charge in [-0.1, -0.05) is 17.3 Å². The van der Waals surface area contributed by atoms with E-state index in [9.17, 15) is 4.79 Å². The average Bonchev–Trinajstić information content (AvgIpc) is 3.25. The fourth-order valence-electron chi connectivity index (χ4n) is 1.99. The third kappa shape index (κ3) is 3.06. The minimum Gasteiger partial charge on any atom is -0.355 e. The third-order valence-electron chi connectivity index (χ3n) is 3.09. The Labute approximate surface area is 130 Å². The zero-order valence-electron chi connectivity index (χ0n) is 11.5. The summed E-state index contributed by atoms with van der Waals surface area (Å²) in [7, 11) is 0. The summed E-state index contributed by atoms with van der Waals surface area (Å²) in [5.41, 5.74) is 0.358. The molecular weight excluding hydrogens is 304 g/mol. The monoisotopic (exact) mass is 318 g/mol. The molecule has 0 N–H and O–H groups in total. The van der Waals surface area contributed by atoms with E-state index >= 15 is 0 Å². The maximum Gasteiger partial charge on any atom is 0.276 e. The number of amides is 1. The van der Waals surface area contributed by atoms with Gasteiger partial charge in [-0.15, -0.1) is 22.7 Å². The van der Waals surface area contributed by atoms with Gasteiger partial charge in [0.2, 0.25) is 0 Å². The molecule has 108 valence electrons. The van der Waals surface area contributed by atoms with Crippen molar-refractivity contribution in [2.75, 3.05) is 6.54 Å². The van der Waals surface area contributed by atoms with Crippen LogP contribution in [-0.2, 0) is 6.54 Å². The minimum atomic E-state index is -0.0996. The number of carbonyl (C=O) groups is 1. The molecule has 0 spiro atoms. The average molecular weight is 318 g/mol. The topological polar surface area (TPSA) is 46.3 Å². The molecule has 0 aliphatic heterocycles. The van der Waals surface area contributed by atoms with Crippen molar-refractivity contribution in [3.63, 3.8) is 0 Å². The summed E-state index contributed by atoms with van der Waals surface area (Å²) >= 11 is 3.21. The third-order valence-corrected chi connectivity index (χ3v) is 4.83. The van der Waals surface area contributed by atoms with E-state index in [2.05, 4.69) is 5.16 Å². The van der Waals surface area contributed by atoms with Crippen molar-refractivity contribution in [1.82, 2.24) is 10.1 Å². The van der Waals surface area contributed by atoms with E-state index in [1.807, 2.05) is 41.9 Å². The maximum atomic E-state index is 12.5. The number of aromatic nitrogens is 1. The number of hydrogen-bond donors (Lipinski definition) is 0. The molecule has 0 saturated carbocycles. The van der Waals surface area contributed by atoms with Crippen LogP contribution in [0.4, 0.5) is 0 Å². The van der Waals surface area contributed by atoms with Crippen LogP contribution in [0.15, 0.2) is 45.6 Å². The summed E-state index contributed by atoms with van der Waals surface area (Å²) in [6.45, 7) is 3.21. The Bertz CT molecular complexity index is 702. The van der Waals surface area contributed by atoms with Crippen LogP contribution in [0.2, 0.25) is 0 Å². The van der Waals surface area contributed by atoms with Crippen LogP contribution in [0.25, 0.3) is 10.6 Å². The SMILES string of the molecule is CCN(Cc1cccs1)C(=O)c1cc(-c2cccs2)on1. The largest absolute Gasteiger partial charge is 0.355 e. The van der Waals surface area contributed by atoms with Gasteiger partial charge in [0.05, 0.1) is 11.4 Å². The summed E-state index contributed by atoms with van der Waals surface area (Å²) in [4.78, 5) is 16.4. The van der Waals surface area contributed by atoms with E-state index in [0.717, 1.165) is 9.75 Å². The zero-order chi connectivity index (χ0) is 14.7. The first kappa shape index (κ1) is 14.0. The van der Waals surface area contributed by atoms with Crippen LogP contribution in [0.3, 0.4) is 0 Å². The van der Waals surface area contributed by atoms with Gasteiger partial charge < -0.3 is 9.42 Å². The smallest absolute Gasteiger partial charge is 0.276 e. The van der Waals surface area contributed by atoms with Crippen molar-refractivity contribution >= 4 is 28.6 Å². The van der Waals surface area contributed by atoms with Gasteiger partial charge in [-0.25, -0.2) is 0 Å². The van der Waals surface area contributed by atoms with E-state index < -0.39 is 0 Å². The van der Waals surface area contributed by atoms with Crippen molar-refractivity contribution in [1.29, 1.82) is 0 Å². The van der Waals surface area contributed by atoms with Gasteiger partial charge in [-0.2, -0.15) is 0 Å². The molecule has 0 fully saturated rings. The molecule has 3 aromatic rings. The molecule has 21 heavy (non-hydrogen) atoms. The van der Waals surface area contributed by atoms with E-state index in [1.165, 1.54) is 0 Å². The summed E-state index contributed by atoms with van der Waals surface area (Å²) in [6, 6.07) is 9.62. The molecule has 1 amide bonds. The van der Waals surface area contributed by atoms with Crippen molar-refractivity contribution in [2.45, 2.75) is 13.5 Å². The van der Waals surface area contributed by atoms with E-state index in [1.54, 1.807) is 33.6 Å². The Kier molecular flexibility index (Phi) is 4.17. The van der Waals surface area contributed by atoms with Gasteiger partial charge in [0, 0.05) is 17.5 Å². The molecule has 0 aliphatic rings. The van der Waals surface area contributed by atoms with Crippen LogP contribution in [0.5, 0.6) is 0 Å². The van der Waals surface area contributed by atoms with Gasteiger partial charge in [-0.3, -0.25) is 4.79 Å². The molecule has 0 aliphatic carbocycles. The van der Waals surface area contributed by atoms with Crippen LogP contribution in [0.1, 0.15) is 22.3 Å². The second-order valence-electron chi connectivity index (χ2n) is 4.45. The van der Waals surface area contributed by atoms with Gasteiger partial charge in [0.15, 0.2) is 11.5 Å². The van der Waals surface area contributed by atoms with Gasteiger partial charge in [-0.05, 0) is 29.8 Å². The molecule has 3 heterocycles. The standard InChI is InChI=1S/C15H14N2O2S2/c1-2-17(10-11-5-3-7-20-11)15(18)12-9-13(19-16-12)14-6-4-8-21-14/h3-9H,2,10H2,1H3. The number of carbonyl (C=O) groups excluding carboxylic acids is 1. The number of nitrogens with zero attached hydrogens (tertiary/aromatic N) is 2. The van der Waals surface area contributed by atoms with Crippen LogP contribution in [-0.4, -0.2) is 22.5 Å². The second-order valence-corrected chi connectivity index (χ2v) is 6.43. The number of rotatable bonds is 5.